The number of benzene rings is 2. The Morgan fingerprint density at radius 3 is 2.45 bits per heavy atom. The topological polar surface area (TPSA) is 87.7 Å². The van der Waals surface area contributed by atoms with Crippen LogP contribution in [0.1, 0.15) is 63.5 Å². The van der Waals surface area contributed by atoms with E-state index < -0.39 is 29.6 Å². The molecule has 7 heteroatoms. The van der Waals surface area contributed by atoms with Gasteiger partial charge in [-0.3, -0.25) is 14.4 Å². The molecule has 2 N–H and O–H groups in total. The minimum absolute atomic E-state index is 0.0702. The first kappa shape index (κ1) is 26.8. The van der Waals surface area contributed by atoms with Gasteiger partial charge in [0, 0.05) is 18.3 Å². The van der Waals surface area contributed by atoms with Crippen LogP contribution in [-0.4, -0.2) is 46.4 Å². The molecule has 3 aliphatic heterocycles. The van der Waals surface area contributed by atoms with Crippen molar-refractivity contribution in [2.24, 2.45) is 17.8 Å². The SMILES string of the molecule is CC(C)c1ccc(NC(=O)[C@@H]2[C@@H]3C=C[C@]4(O3)[C@@H]2C(=O)N(Cc2ccccc2)[C@H]4C(=O)N[C@@H]2CCCC[C@@H]2C)cc1. The van der Waals surface area contributed by atoms with E-state index in [1.165, 1.54) is 12.0 Å². The number of carbonyl (C=O) groups is 3. The third-order valence-electron chi connectivity index (χ3n) is 9.40. The molecule has 3 amide bonds. The maximum absolute atomic E-state index is 14.2. The number of amides is 3. The van der Waals surface area contributed by atoms with Crippen molar-refractivity contribution in [3.8, 4) is 0 Å². The van der Waals surface area contributed by atoms with Gasteiger partial charge < -0.3 is 20.3 Å². The molecule has 3 heterocycles. The quantitative estimate of drug-likeness (QED) is 0.494. The third kappa shape index (κ3) is 4.54. The van der Waals surface area contributed by atoms with Crippen LogP contribution in [-0.2, 0) is 25.7 Å². The second-order valence-corrected chi connectivity index (χ2v) is 12.3. The molecule has 7 atom stereocenters. The number of rotatable bonds is 7. The van der Waals surface area contributed by atoms with E-state index >= 15 is 0 Å². The molecular formula is C33H39N3O4. The number of likely N-dealkylation sites (tertiary alicyclic amines) is 1. The summed E-state index contributed by atoms with van der Waals surface area (Å²) in [6.45, 7) is 6.71. The molecule has 1 saturated carbocycles. The Hall–Kier alpha value is -3.45. The predicted molar refractivity (Wildman–Crippen MR) is 153 cm³/mol. The summed E-state index contributed by atoms with van der Waals surface area (Å²) in [7, 11) is 0. The Morgan fingerprint density at radius 2 is 1.75 bits per heavy atom. The average molecular weight is 542 g/mol. The van der Waals surface area contributed by atoms with Gasteiger partial charge in [0.2, 0.25) is 17.7 Å². The zero-order valence-corrected chi connectivity index (χ0v) is 23.5. The van der Waals surface area contributed by atoms with Crippen LogP contribution in [0.4, 0.5) is 5.69 Å². The van der Waals surface area contributed by atoms with Crippen LogP contribution in [0.15, 0.2) is 66.7 Å². The zero-order valence-electron chi connectivity index (χ0n) is 23.5. The van der Waals surface area contributed by atoms with Gasteiger partial charge in [0.05, 0.1) is 17.9 Å². The number of carbonyl (C=O) groups excluding carboxylic acids is 3. The Labute approximate surface area is 236 Å². The average Bonchev–Trinajstić information content (AvgIpc) is 3.58. The number of hydrogen-bond acceptors (Lipinski definition) is 4. The fourth-order valence-electron chi connectivity index (χ4n) is 7.19. The summed E-state index contributed by atoms with van der Waals surface area (Å²) in [5, 5.41) is 6.31. The van der Waals surface area contributed by atoms with Gasteiger partial charge in [-0.25, -0.2) is 0 Å². The van der Waals surface area contributed by atoms with Gasteiger partial charge in [-0.15, -0.1) is 0 Å². The van der Waals surface area contributed by atoms with Gasteiger partial charge in [0.15, 0.2) is 0 Å². The summed E-state index contributed by atoms with van der Waals surface area (Å²) in [6, 6.07) is 16.7. The molecule has 6 rings (SSSR count). The van der Waals surface area contributed by atoms with Crippen molar-refractivity contribution in [2.75, 3.05) is 5.32 Å². The van der Waals surface area contributed by atoms with Gasteiger partial charge in [-0.2, -0.15) is 0 Å². The minimum atomic E-state index is -1.16. The Morgan fingerprint density at radius 1 is 1.02 bits per heavy atom. The number of hydrogen-bond donors (Lipinski definition) is 2. The van der Waals surface area contributed by atoms with Crippen LogP contribution in [0, 0.1) is 17.8 Å². The highest BCUT2D eigenvalue weighted by molar-refractivity contribution is 6.02. The van der Waals surface area contributed by atoms with Gasteiger partial charge in [0.1, 0.15) is 11.6 Å². The van der Waals surface area contributed by atoms with Crippen LogP contribution in [0.3, 0.4) is 0 Å². The van der Waals surface area contributed by atoms with Crippen LogP contribution < -0.4 is 10.6 Å². The van der Waals surface area contributed by atoms with E-state index in [1.807, 2.05) is 66.7 Å². The van der Waals surface area contributed by atoms with E-state index in [-0.39, 0.29) is 30.3 Å². The van der Waals surface area contributed by atoms with Crippen molar-refractivity contribution in [3.05, 3.63) is 77.9 Å². The summed E-state index contributed by atoms with van der Waals surface area (Å²) in [6.07, 6.45) is 7.46. The monoisotopic (exact) mass is 541 g/mol. The highest BCUT2D eigenvalue weighted by Gasteiger charge is 2.72. The van der Waals surface area contributed by atoms with Gasteiger partial charge in [-0.05, 0) is 47.9 Å². The van der Waals surface area contributed by atoms with Crippen LogP contribution in [0.5, 0.6) is 0 Å². The number of anilines is 1. The van der Waals surface area contributed by atoms with Crippen molar-refractivity contribution in [3.63, 3.8) is 0 Å². The molecule has 0 radical (unpaired) electrons. The van der Waals surface area contributed by atoms with Crippen molar-refractivity contribution in [1.29, 1.82) is 0 Å². The van der Waals surface area contributed by atoms with Crippen molar-refractivity contribution in [2.45, 2.75) is 82.7 Å². The molecule has 4 aliphatic rings. The molecule has 7 nitrogen and oxygen atoms in total. The lowest BCUT2D eigenvalue weighted by Crippen LogP contribution is -2.57. The first-order valence-electron chi connectivity index (χ1n) is 14.7. The Kier molecular flexibility index (Phi) is 7.03. The standard InChI is InChI=1S/C33H39N3O4/c1-20(2)23-13-15-24(16-14-23)34-30(37)27-26-17-18-33(40-26)28(27)32(39)36(19-22-10-5-4-6-11-22)29(33)31(38)35-25-12-8-7-9-21(25)3/h4-6,10-11,13-18,20-21,25-29H,7-9,12,19H2,1-3H3,(H,34,37)(H,35,38)/t21-,25+,26-,27+,28-,29-,33-/m0/s1. The van der Waals surface area contributed by atoms with E-state index in [4.69, 9.17) is 4.74 Å². The first-order valence-corrected chi connectivity index (χ1v) is 14.7. The fourth-order valence-corrected chi connectivity index (χ4v) is 7.19. The second kappa shape index (κ2) is 10.5. The molecule has 0 aromatic heterocycles. The maximum Gasteiger partial charge on any atom is 0.246 e. The largest absolute Gasteiger partial charge is 0.359 e. The number of nitrogens with zero attached hydrogens (tertiary/aromatic N) is 1. The molecule has 210 valence electrons. The lowest BCUT2D eigenvalue weighted by atomic mass is 9.74. The minimum Gasteiger partial charge on any atom is -0.359 e. The molecule has 0 unspecified atom stereocenters. The van der Waals surface area contributed by atoms with Crippen molar-refractivity contribution < 1.29 is 19.1 Å². The molecule has 40 heavy (non-hydrogen) atoms. The van der Waals surface area contributed by atoms with Crippen molar-refractivity contribution in [1.82, 2.24) is 10.2 Å². The smallest absolute Gasteiger partial charge is 0.246 e. The van der Waals surface area contributed by atoms with Crippen LogP contribution in [0.25, 0.3) is 0 Å². The van der Waals surface area contributed by atoms with Gasteiger partial charge in [0.25, 0.3) is 0 Å². The van der Waals surface area contributed by atoms with Gasteiger partial charge >= 0.3 is 0 Å². The molecular weight excluding hydrogens is 502 g/mol. The maximum atomic E-state index is 14.2. The normalized spacial score (nSPS) is 32.4. The van der Waals surface area contributed by atoms with E-state index in [0.717, 1.165) is 24.8 Å². The Bertz CT molecular complexity index is 1310. The lowest BCUT2D eigenvalue weighted by molar-refractivity contribution is -0.142. The summed E-state index contributed by atoms with van der Waals surface area (Å²) in [5.74, 6) is -1.37. The van der Waals surface area contributed by atoms with E-state index in [1.54, 1.807) is 4.90 Å². The highest BCUT2D eigenvalue weighted by atomic mass is 16.5. The fraction of sp³-hybridized carbons (Fsp3) is 0.485. The molecule has 1 spiro atoms. The number of nitrogens with one attached hydrogen (secondary N) is 2. The summed E-state index contributed by atoms with van der Waals surface area (Å²) in [4.78, 5) is 43.6. The first-order chi connectivity index (χ1) is 19.3. The molecule has 2 saturated heterocycles. The van der Waals surface area contributed by atoms with Crippen LogP contribution >= 0.6 is 0 Å². The molecule has 3 fully saturated rings. The molecule has 1 aliphatic carbocycles. The zero-order chi connectivity index (χ0) is 28.0. The molecule has 2 aromatic rings. The van der Waals surface area contributed by atoms with E-state index in [0.29, 0.717) is 17.5 Å². The van der Waals surface area contributed by atoms with E-state index in [2.05, 4.69) is 31.4 Å². The summed E-state index contributed by atoms with van der Waals surface area (Å²) in [5.41, 5.74) is 1.64. The second-order valence-electron chi connectivity index (χ2n) is 12.3. The van der Waals surface area contributed by atoms with Gasteiger partial charge in [-0.1, -0.05) is 88.2 Å². The third-order valence-corrected chi connectivity index (χ3v) is 9.40. The summed E-state index contributed by atoms with van der Waals surface area (Å²) < 4.78 is 6.50. The summed E-state index contributed by atoms with van der Waals surface area (Å²) >= 11 is 0. The highest BCUT2D eigenvalue weighted by Crippen LogP contribution is 2.55. The number of ether oxygens (including phenoxy) is 1. The van der Waals surface area contributed by atoms with E-state index in [9.17, 15) is 14.4 Å². The lowest BCUT2D eigenvalue weighted by Gasteiger charge is -2.36. The molecule has 2 bridgehead atoms. The molecule has 2 aromatic carbocycles. The van der Waals surface area contributed by atoms with Crippen molar-refractivity contribution >= 4 is 23.4 Å². The number of fused-ring (bicyclic) bond motifs is 1. The predicted octanol–water partition coefficient (Wildman–Crippen LogP) is 4.79. The van der Waals surface area contributed by atoms with Crippen LogP contribution in [0.2, 0.25) is 0 Å². The Balaban J connectivity index is 1.30.